The van der Waals surface area contributed by atoms with Crippen LogP contribution in [0.3, 0.4) is 0 Å². The molecule has 0 unspecified atom stereocenters. The van der Waals surface area contributed by atoms with Crippen molar-refractivity contribution in [2.75, 3.05) is 23.3 Å². The van der Waals surface area contributed by atoms with E-state index >= 15 is 0 Å². The summed E-state index contributed by atoms with van der Waals surface area (Å²) in [5.41, 5.74) is 2.92. The van der Waals surface area contributed by atoms with Gasteiger partial charge >= 0.3 is 0 Å². The number of para-hydroxylation sites is 1. The summed E-state index contributed by atoms with van der Waals surface area (Å²) in [4.78, 5) is 23.8. The van der Waals surface area contributed by atoms with Gasteiger partial charge in [-0.3, -0.25) is 9.78 Å². The van der Waals surface area contributed by atoms with Crippen LogP contribution >= 0.6 is 0 Å². The molecule has 162 valence electrons. The van der Waals surface area contributed by atoms with Crippen LogP contribution in [0.1, 0.15) is 44.9 Å². The summed E-state index contributed by atoms with van der Waals surface area (Å²) < 4.78 is 1.86. The van der Waals surface area contributed by atoms with Crippen LogP contribution < -0.4 is 10.2 Å². The molecule has 2 aromatic heterocycles. The van der Waals surface area contributed by atoms with Crippen LogP contribution in [0.25, 0.3) is 5.69 Å². The van der Waals surface area contributed by atoms with Crippen molar-refractivity contribution in [2.45, 2.75) is 46.0 Å². The molecule has 0 aliphatic carbocycles. The van der Waals surface area contributed by atoms with Crippen molar-refractivity contribution in [1.82, 2.24) is 19.7 Å². The smallest absolute Gasteiger partial charge is 0.228 e. The summed E-state index contributed by atoms with van der Waals surface area (Å²) in [6.45, 7) is 10.0. The molecule has 4 rings (SSSR count). The van der Waals surface area contributed by atoms with E-state index in [4.69, 9.17) is 5.10 Å². The molecule has 1 aliphatic heterocycles. The predicted octanol–water partition coefficient (Wildman–Crippen LogP) is 4.12. The van der Waals surface area contributed by atoms with Gasteiger partial charge in [-0.05, 0) is 31.4 Å². The molecule has 0 spiro atoms. The van der Waals surface area contributed by atoms with Gasteiger partial charge in [0.1, 0.15) is 11.6 Å². The maximum absolute atomic E-state index is 13.1. The molecular formula is C24H30N6O. The summed E-state index contributed by atoms with van der Waals surface area (Å²) in [6.07, 6.45) is 6.72. The number of carbonyl (C=O) groups is 1. The van der Waals surface area contributed by atoms with Gasteiger partial charge < -0.3 is 10.2 Å². The molecule has 7 nitrogen and oxygen atoms in total. The second-order valence-electron chi connectivity index (χ2n) is 9.18. The van der Waals surface area contributed by atoms with E-state index in [1.165, 1.54) is 0 Å². The second-order valence-corrected chi connectivity index (χ2v) is 9.18. The highest BCUT2D eigenvalue weighted by Gasteiger charge is 2.28. The summed E-state index contributed by atoms with van der Waals surface area (Å²) in [5, 5.41) is 8.01. The Kier molecular flexibility index (Phi) is 5.76. The minimum Gasteiger partial charge on any atom is -0.355 e. The van der Waals surface area contributed by atoms with E-state index in [9.17, 15) is 4.79 Å². The molecule has 1 saturated heterocycles. The Hall–Kier alpha value is -3.22. The zero-order valence-electron chi connectivity index (χ0n) is 18.7. The first-order valence-corrected chi connectivity index (χ1v) is 10.8. The van der Waals surface area contributed by atoms with E-state index in [1.807, 2.05) is 28.9 Å². The monoisotopic (exact) mass is 418 g/mol. The first kappa shape index (κ1) is 21.0. The largest absolute Gasteiger partial charge is 0.355 e. The van der Waals surface area contributed by atoms with Crippen LogP contribution in [0, 0.1) is 12.8 Å². The van der Waals surface area contributed by atoms with Gasteiger partial charge in [-0.15, -0.1) is 0 Å². The molecule has 7 heteroatoms. The Bertz CT molecular complexity index is 1050. The number of carbonyl (C=O) groups excluding carboxylic acids is 1. The number of anilines is 2. The average Bonchev–Trinajstić information content (AvgIpc) is 3.19. The van der Waals surface area contributed by atoms with E-state index in [1.54, 1.807) is 18.6 Å². The van der Waals surface area contributed by atoms with Crippen molar-refractivity contribution in [3.05, 3.63) is 60.2 Å². The van der Waals surface area contributed by atoms with Crippen LogP contribution in [0.15, 0.2) is 48.9 Å². The van der Waals surface area contributed by atoms with Gasteiger partial charge in [-0.25, -0.2) is 9.67 Å². The molecule has 0 atom stereocenters. The number of hydrogen-bond acceptors (Lipinski definition) is 5. The van der Waals surface area contributed by atoms with Crippen LogP contribution in [0.5, 0.6) is 0 Å². The maximum Gasteiger partial charge on any atom is 0.228 e. The SMILES string of the molecule is Cc1ccccc1-n1nc(C(C)(C)C)cc1NC(=O)C1CCN(c2cnccn2)CC1. The molecule has 1 aliphatic rings. The molecule has 1 N–H and O–H groups in total. The number of amides is 1. The minimum absolute atomic E-state index is 0.0359. The fourth-order valence-electron chi connectivity index (χ4n) is 3.87. The van der Waals surface area contributed by atoms with Gasteiger partial charge in [-0.1, -0.05) is 39.0 Å². The van der Waals surface area contributed by atoms with Crippen LogP contribution in [0.4, 0.5) is 11.6 Å². The lowest BCUT2D eigenvalue weighted by Gasteiger charge is -2.31. The minimum atomic E-state index is -0.116. The van der Waals surface area contributed by atoms with Gasteiger partial charge in [0.15, 0.2) is 0 Å². The second kappa shape index (κ2) is 8.49. The zero-order chi connectivity index (χ0) is 22.0. The van der Waals surface area contributed by atoms with E-state index in [0.29, 0.717) is 0 Å². The van der Waals surface area contributed by atoms with Gasteiger partial charge in [0.2, 0.25) is 5.91 Å². The first-order chi connectivity index (χ1) is 14.8. The third kappa shape index (κ3) is 4.60. The van der Waals surface area contributed by atoms with E-state index < -0.39 is 0 Å². The summed E-state index contributed by atoms with van der Waals surface area (Å²) in [7, 11) is 0. The highest BCUT2D eigenvalue weighted by atomic mass is 16.2. The number of piperidine rings is 1. The van der Waals surface area contributed by atoms with Crippen LogP contribution in [-0.4, -0.2) is 38.7 Å². The highest BCUT2D eigenvalue weighted by Crippen LogP contribution is 2.29. The summed E-state index contributed by atoms with van der Waals surface area (Å²) in [6, 6.07) is 10.1. The van der Waals surface area contributed by atoms with Gasteiger partial charge in [0.05, 0.1) is 17.6 Å². The van der Waals surface area contributed by atoms with Crippen molar-refractivity contribution in [3.63, 3.8) is 0 Å². The number of benzene rings is 1. The molecule has 31 heavy (non-hydrogen) atoms. The molecule has 1 aromatic carbocycles. The number of aromatic nitrogens is 4. The molecular weight excluding hydrogens is 388 g/mol. The molecule has 3 heterocycles. The van der Waals surface area contributed by atoms with Gasteiger partial charge in [0.25, 0.3) is 0 Å². The van der Waals surface area contributed by atoms with Crippen molar-refractivity contribution in [1.29, 1.82) is 0 Å². The number of rotatable bonds is 4. The maximum atomic E-state index is 13.1. The molecule has 0 bridgehead atoms. The van der Waals surface area contributed by atoms with Crippen molar-refractivity contribution >= 4 is 17.5 Å². The van der Waals surface area contributed by atoms with Crippen LogP contribution in [-0.2, 0) is 10.2 Å². The Morgan fingerprint density at radius 3 is 2.52 bits per heavy atom. The van der Waals surface area contributed by atoms with Gasteiger partial charge in [0, 0.05) is 42.9 Å². The van der Waals surface area contributed by atoms with E-state index in [2.05, 4.69) is 53.9 Å². The Morgan fingerprint density at radius 2 is 1.87 bits per heavy atom. The average molecular weight is 419 g/mol. The fourth-order valence-corrected chi connectivity index (χ4v) is 3.87. The lowest BCUT2D eigenvalue weighted by atomic mass is 9.92. The molecule has 1 fully saturated rings. The number of aryl methyl sites for hydroxylation is 1. The molecule has 0 saturated carbocycles. The Balaban J connectivity index is 1.52. The Morgan fingerprint density at radius 1 is 1.13 bits per heavy atom. The standard InChI is InChI=1S/C24H30N6O/c1-17-7-5-6-8-19(17)30-21(15-20(28-30)24(2,3)4)27-23(31)18-9-13-29(14-10-18)22-16-25-11-12-26-22/h5-8,11-12,15-16,18H,9-10,13-14H2,1-4H3,(H,27,31). The molecule has 3 aromatic rings. The molecule has 1 amide bonds. The number of hydrogen-bond donors (Lipinski definition) is 1. The van der Waals surface area contributed by atoms with E-state index in [-0.39, 0.29) is 17.2 Å². The normalized spacial score (nSPS) is 15.2. The lowest BCUT2D eigenvalue weighted by Crippen LogP contribution is -2.38. The highest BCUT2D eigenvalue weighted by molar-refractivity contribution is 5.92. The summed E-state index contributed by atoms with van der Waals surface area (Å²) in [5.74, 6) is 1.61. The van der Waals surface area contributed by atoms with E-state index in [0.717, 1.165) is 54.5 Å². The van der Waals surface area contributed by atoms with Crippen LogP contribution in [0.2, 0.25) is 0 Å². The molecule has 0 radical (unpaired) electrons. The van der Waals surface area contributed by atoms with Crippen molar-refractivity contribution in [2.24, 2.45) is 5.92 Å². The zero-order valence-corrected chi connectivity index (χ0v) is 18.7. The van der Waals surface area contributed by atoms with Gasteiger partial charge in [-0.2, -0.15) is 5.10 Å². The predicted molar refractivity (Wildman–Crippen MR) is 123 cm³/mol. The number of nitrogens with one attached hydrogen (secondary N) is 1. The van der Waals surface area contributed by atoms with Crippen molar-refractivity contribution in [3.8, 4) is 5.69 Å². The first-order valence-electron chi connectivity index (χ1n) is 10.8. The third-order valence-corrected chi connectivity index (χ3v) is 5.81. The number of nitrogens with zero attached hydrogens (tertiary/aromatic N) is 5. The third-order valence-electron chi connectivity index (χ3n) is 5.81. The van der Waals surface area contributed by atoms with Crippen molar-refractivity contribution < 1.29 is 4.79 Å². The topological polar surface area (TPSA) is 75.9 Å². The lowest BCUT2D eigenvalue weighted by molar-refractivity contribution is -0.120. The Labute approximate surface area is 183 Å². The quantitative estimate of drug-likeness (QED) is 0.690. The summed E-state index contributed by atoms with van der Waals surface area (Å²) >= 11 is 0. The fraction of sp³-hybridized carbons (Fsp3) is 0.417.